The van der Waals surface area contributed by atoms with Crippen LogP contribution in [0, 0.1) is 0 Å². The highest BCUT2D eigenvalue weighted by molar-refractivity contribution is 6.33. The topological polar surface area (TPSA) is 67.6 Å². The lowest BCUT2D eigenvalue weighted by Gasteiger charge is -1.98. The highest BCUT2D eigenvalue weighted by atomic mass is 35.5. The Morgan fingerprint density at radius 2 is 1.94 bits per heavy atom. The van der Waals surface area contributed by atoms with Gasteiger partial charge in [0, 0.05) is 18.3 Å². The van der Waals surface area contributed by atoms with E-state index in [2.05, 4.69) is 15.0 Å². The molecule has 0 amide bonds. The van der Waals surface area contributed by atoms with Gasteiger partial charge in [-0.05, 0) is 23.8 Å². The molecule has 0 aliphatic rings. The van der Waals surface area contributed by atoms with Crippen molar-refractivity contribution in [2.75, 3.05) is 5.73 Å². The number of imidazole rings is 1. The van der Waals surface area contributed by atoms with Crippen LogP contribution in [-0.2, 0) is 6.42 Å². The van der Waals surface area contributed by atoms with E-state index in [0.717, 1.165) is 22.6 Å². The first-order valence-electron chi connectivity index (χ1n) is 5.56. The quantitative estimate of drug-likeness (QED) is 0.549. The van der Waals surface area contributed by atoms with Gasteiger partial charge in [-0.25, -0.2) is 9.97 Å². The first kappa shape index (κ1) is 11.0. The SMILES string of the molecule is Nc1ccc(Cc2nc3c(Cl)nccc3[nH]2)cc1. The van der Waals surface area contributed by atoms with Crippen molar-refractivity contribution in [1.29, 1.82) is 0 Å². The van der Waals surface area contributed by atoms with E-state index >= 15 is 0 Å². The molecule has 0 fully saturated rings. The van der Waals surface area contributed by atoms with Gasteiger partial charge in [0.15, 0.2) is 5.15 Å². The molecule has 0 saturated carbocycles. The van der Waals surface area contributed by atoms with Crippen LogP contribution in [0.1, 0.15) is 11.4 Å². The first-order valence-corrected chi connectivity index (χ1v) is 5.94. The number of halogens is 1. The van der Waals surface area contributed by atoms with Crippen molar-refractivity contribution >= 4 is 28.3 Å². The van der Waals surface area contributed by atoms with E-state index in [4.69, 9.17) is 17.3 Å². The summed E-state index contributed by atoms with van der Waals surface area (Å²) < 4.78 is 0. The minimum atomic E-state index is 0.423. The maximum Gasteiger partial charge on any atom is 0.156 e. The molecule has 0 bridgehead atoms. The zero-order valence-electron chi connectivity index (χ0n) is 9.52. The number of benzene rings is 1. The smallest absolute Gasteiger partial charge is 0.156 e. The fourth-order valence-corrected chi connectivity index (χ4v) is 2.07. The number of aromatic nitrogens is 3. The summed E-state index contributed by atoms with van der Waals surface area (Å²) in [7, 11) is 0. The lowest BCUT2D eigenvalue weighted by atomic mass is 10.1. The van der Waals surface area contributed by atoms with E-state index in [1.165, 1.54) is 0 Å². The number of anilines is 1. The second kappa shape index (κ2) is 4.31. The predicted octanol–water partition coefficient (Wildman–Crippen LogP) is 2.78. The molecule has 2 aromatic heterocycles. The van der Waals surface area contributed by atoms with E-state index in [1.54, 1.807) is 6.20 Å². The number of nitrogens with one attached hydrogen (secondary N) is 1. The normalized spacial score (nSPS) is 10.9. The Labute approximate surface area is 109 Å². The number of hydrogen-bond acceptors (Lipinski definition) is 3. The van der Waals surface area contributed by atoms with E-state index in [0.29, 0.717) is 17.1 Å². The summed E-state index contributed by atoms with van der Waals surface area (Å²) in [6.45, 7) is 0. The zero-order chi connectivity index (χ0) is 12.5. The van der Waals surface area contributed by atoms with Crippen LogP contribution in [0.25, 0.3) is 11.0 Å². The van der Waals surface area contributed by atoms with Crippen LogP contribution in [0.3, 0.4) is 0 Å². The Balaban J connectivity index is 1.95. The van der Waals surface area contributed by atoms with Gasteiger partial charge < -0.3 is 10.7 Å². The van der Waals surface area contributed by atoms with Gasteiger partial charge in [-0.1, -0.05) is 23.7 Å². The second-order valence-electron chi connectivity index (χ2n) is 4.10. The van der Waals surface area contributed by atoms with Gasteiger partial charge in [0.25, 0.3) is 0 Å². The number of nitrogen functional groups attached to an aromatic ring is 1. The summed E-state index contributed by atoms with van der Waals surface area (Å²) in [5.74, 6) is 0.865. The first-order chi connectivity index (χ1) is 8.72. The summed E-state index contributed by atoms with van der Waals surface area (Å²) in [5, 5.41) is 0.423. The number of pyridine rings is 1. The van der Waals surface area contributed by atoms with Crippen molar-refractivity contribution in [1.82, 2.24) is 15.0 Å². The number of rotatable bonds is 2. The van der Waals surface area contributed by atoms with Crippen LogP contribution >= 0.6 is 11.6 Å². The molecule has 5 heteroatoms. The summed E-state index contributed by atoms with van der Waals surface area (Å²) in [6, 6.07) is 9.60. The molecule has 0 aliphatic heterocycles. The third-order valence-corrected chi connectivity index (χ3v) is 3.03. The molecular formula is C13H11ClN4. The number of H-pyrrole nitrogens is 1. The van der Waals surface area contributed by atoms with Crippen LogP contribution in [0.2, 0.25) is 5.15 Å². The van der Waals surface area contributed by atoms with Crippen molar-refractivity contribution in [3.8, 4) is 0 Å². The standard InChI is InChI=1S/C13H11ClN4/c14-13-12-10(5-6-16-13)17-11(18-12)7-8-1-3-9(15)4-2-8/h1-6H,7,15H2,(H,17,18). The monoisotopic (exact) mass is 258 g/mol. The third-order valence-electron chi connectivity index (χ3n) is 2.76. The molecule has 0 atom stereocenters. The molecule has 0 unspecified atom stereocenters. The van der Waals surface area contributed by atoms with Crippen LogP contribution in [0.4, 0.5) is 5.69 Å². The molecule has 0 saturated heterocycles. The predicted molar refractivity (Wildman–Crippen MR) is 72.6 cm³/mol. The van der Waals surface area contributed by atoms with Crippen LogP contribution in [0.5, 0.6) is 0 Å². The number of nitrogens with two attached hydrogens (primary N) is 1. The van der Waals surface area contributed by atoms with Gasteiger partial charge in [-0.3, -0.25) is 0 Å². The van der Waals surface area contributed by atoms with Gasteiger partial charge >= 0.3 is 0 Å². The van der Waals surface area contributed by atoms with Gasteiger partial charge in [-0.15, -0.1) is 0 Å². The maximum absolute atomic E-state index is 5.98. The van der Waals surface area contributed by atoms with Crippen molar-refractivity contribution in [3.63, 3.8) is 0 Å². The van der Waals surface area contributed by atoms with Crippen LogP contribution in [-0.4, -0.2) is 15.0 Å². The van der Waals surface area contributed by atoms with Crippen molar-refractivity contribution in [3.05, 3.63) is 53.1 Å². The zero-order valence-corrected chi connectivity index (χ0v) is 10.3. The highest BCUT2D eigenvalue weighted by Gasteiger charge is 2.07. The molecule has 3 N–H and O–H groups in total. The second-order valence-corrected chi connectivity index (χ2v) is 4.46. The summed E-state index contributed by atoms with van der Waals surface area (Å²) in [4.78, 5) is 11.7. The molecule has 1 aromatic carbocycles. The molecule has 18 heavy (non-hydrogen) atoms. The van der Waals surface area contributed by atoms with Crippen LogP contribution < -0.4 is 5.73 Å². The Morgan fingerprint density at radius 1 is 1.17 bits per heavy atom. The average Bonchev–Trinajstić information content (AvgIpc) is 2.76. The highest BCUT2D eigenvalue weighted by Crippen LogP contribution is 2.19. The van der Waals surface area contributed by atoms with Crippen molar-refractivity contribution in [2.24, 2.45) is 0 Å². The van der Waals surface area contributed by atoms with Crippen molar-refractivity contribution < 1.29 is 0 Å². The van der Waals surface area contributed by atoms with E-state index in [1.807, 2.05) is 30.3 Å². The summed E-state index contributed by atoms with van der Waals surface area (Å²) >= 11 is 5.98. The summed E-state index contributed by atoms with van der Waals surface area (Å²) in [5.41, 5.74) is 9.17. The molecule has 0 radical (unpaired) electrons. The van der Waals surface area contributed by atoms with Gasteiger partial charge in [0.2, 0.25) is 0 Å². The van der Waals surface area contributed by atoms with Gasteiger partial charge in [0.1, 0.15) is 11.3 Å². The Morgan fingerprint density at radius 3 is 2.67 bits per heavy atom. The lowest BCUT2D eigenvalue weighted by Crippen LogP contribution is -1.91. The minimum absolute atomic E-state index is 0.423. The molecule has 0 aliphatic carbocycles. The molecule has 90 valence electrons. The van der Waals surface area contributed by atoms with E-state index in [-0.39, 0.29) is 0 Å². The molecule has 0 spiro atoms. The molecule has 3 rings (SSSR count). The Bertz CT molecular complexity index is 688. The molecule has 4 nitrogen and oxygen atoms in total. The minimum Gasteiger partial charge on any atom is -0.399 e. The largest absolute Gasteiger partial charge is 0.399 e. The maximum atomic E-state index is 5.98. The Hall–Kier alpha value is -2.07. The fraction of sp³-hybridized carbons (Fsp3) is 0.0769. The van der Waals surface area contributed by atoms with E-state index < -0.39 is 0 Å². The van der Waals surface area contributed by atoms with Crippen molar-refractivity contribution in [2.45, 2.75) is 6.42 Å². The van der Waals surface area contributed by atoms with Crippen LogP contribution in [0.15, 0.2) is 36.5 Å². The number of fused-ring (bicyclic) bond motifs is 1. The van der Waals surface area contributed by atoms with E-state index in [9.17, 15) is 0 Å². The third kappa shape index (κ3) is 2.02. The van der Waals surface area contributed by atoms with Gasteiger partial charge in [-0.2, -0.15) is 0 Å². The summed E-state index contributed by atoms with van der Waals surface area (Å²) in [6.07, 6.45) is 2.38. The molecule has 3 aromatic rings. The molecule has 2 heterocycles. The van der Waals surface area contributed by atoms with Gasteiger partial charge in [0.05, 0.1) is 5.52 Å². The number of nitrogens with zero attached hydrogens (tertiary/aromatic N) is 2. The Kier molecular flexibility index (Phi) is 2.64. The lowest BCUT2D eigenvalue weighted by molar-refractivity contribution is 1.04. The number of hydrogen-bond donors (Lipinski definition) is 2. The molecular weight excluding hydrogens is 248 g/mol. The fourth-order valence-electron chi connectivity index (χ4n) is 1.87. The average molecular weight is 259 g/mol. The number of aromatic amines is 1.